The Kier molecular flexibility index (Phi) is 5.94. The summed E-state index contributed by atoms with van der Waals surface area (Å²) < 4.78 is 5.40. The first-order valence-corrected chi connectivity index (χ1v) is 12.7. The van der Waals surface area contributed by atoms with E-state index in [2.05, 4.69) is 50.1 Å². The summed E-state index contributed by atoms with van der Waals surface area (Å²) >= 11 is 1.67. The van der Waals surface area contributed by atoms with Crippen molar-refractivity contribution in [2.75, 3.05) is 0 Å². The number of hydrogen-bond acceptors (Lipinski definition) is 4. The molecule has 5 rings (SSSR count). The van der Waals surface area contributed by atoms with Crippen LogP contribution in [-0.2, 0) is 19.4 Å². The highest BCUT2D eigenvalue weighted by Gasteiger charge is 2.33. The average Bonchev–Trinajstić information content (AvgIpc) is 3.51. The van der Waals surface area contributed by atoms with Gasteiger partial charge in [-0.2, -0.15) is 0 Å². The Morgan fingerprint density at radius 1 is 1.26 bits per heavy atom. The van der Waals surface area contributed by atoms with Crippen molar-refractivity contribution in [3.8, 4) is 0 Å². The summed E-state index contributed by atoms with van der Waals surface area (Å²) in [7, 11) is 0. The molecule has 4 aromatic rings. The molecule has 1 amide bonds. The third kappa shape index (κ3) is 4.34. The van der Waals surface area contributed by atoms with E-state index in [0.717, 1.165) is 57.7 Å². The normalized spacial score (nSPS) is 16.3. The van der Waals surface area contributed by atoms with Crippen LogP contribution in [0.4, 0.5) is 5.00 Å². The molecule has 1 aliphatic rings. The van der Waals surface area contributed by atoms with Crippen LogP contribution in [0.1, 0.15) is 65.0 Å². The molecule has 0 aliphatic heterocycles. The van der Waals surface area contributed by atoms with E-state index in [1.54, 1.807) is 17.6 Å². The molecule has 3 heterocycles. The van der Waals surface area contributed by atoms with Crippen molar-refractivity contribution >= 4 is 39.4 Å². The number of aromatic amines is 1. The van der Waals surface area contributed by atoms with Crippen LogP contribution < -0.4 is 5.32 Å². The molecule has 34 heavy (non-hydrogen) atoms. The minimum Gasteiger partial charge on any atom is -0.467 e. The van der Waals surface area contributed by atoms with Gasteiger partial charge < -0.3 is 14.7 Å². The van der Waals surface area contributed by atoms with Crippen LogP contribution in [0.15, 0.2) is 52.1 Å². The van der Waals surface area contributed by atoms with E-state index in [1.165, 1.54) is 10.4 Å². The number of amides is 1. The number of H-pyrrole nitrogens is 1. The van der Waals surface area contributed by atoms with E-state index >= 15 is 0 Å². The van der Waals surface area contributed by atoms with Gasteiger partial charge in [-0.1, -0.05) is 39.0 Å². The van der Waals surface area contributed by atoms with Crippen LogP contribution in [0.25, 0.3) is 10.9 Å². The number of nitrogens with one attached hydrogen (secondary N) is 2. The summed E-state index contributed by atoms with van der Waals surface area (Å²) in [5.74, 6) is 1.26. The Morgan fingerprint density at radius 2 is 2.09 bits per heavy atom. The molecule has 0 bridgehead atoms. The van der Waals surface area contributed by atoms with Gasteiger partial charge in [0.15, 0.2) is 0 Å². The second-order valence-corrected chi connectivity index (χ2v) is 11.3. The van der Waals surface area contributed by atoms with E-state index in [0.29, 0.717) is 12.5 Å². The minimum atomic E-state index is -0.0779. The number of carbonyl (C=O) groups is 1. The minimum absolute atomic E-state index is 0.0779. The fourth-order valence-corrected chi connectivity index (χ4v) is 6.16. The zero-order chi connectivity index (χ0) is 23.9. The monoisotopic (exact) mass is 473 g/mol. The van der Waals surface area contributed by atoms with Crippen molar-refractivity contribution in [3.05, 3.63) is 75.7 Å². The first-order chi connectivity index (χ1) is 16.3. The van der Waals surface area contributed by atoms with Crippen LogP contribution in [-0.4, -0.2) is 17.1 Å². The number of nitrogens with zero attached hydrogens (tertiary/aromatic N) is 1. The van der Waals surface area contributed by atoms with Crippen LogP contribution in [0.2, 0.25) is 0 Å². The Hall–Kier alpha value is -3.12. The Balaban J connectivity index is 1.51. The molecule has 0 unspecified atom stereocenters. The first-order valence-electron chi connectivity index (χ1n) is 11.9. The van der Waals surface area contributed by atoms with Gasteiger partial charge >= 0.3 is 0 Å². The number of thiophene rings is 1. The van der Waals surface area contributed by atoms with E-state index in [9.17, 15) is 4.79 Å². The molecule has 0 saturated heterocycles. The van der Waals surface area contributed by atoms with E-state index in [1.807, 2.05) is 30.5 Å². The summed E-state index contributed by atoms with van der Waals surface area (Å²) in [5.41, 5.74) is 5.38. The van der Waals surface area contributed by atoms with Crippen LogP contribution >= 0.6 is 11.3 Å². The van der Waals surface area contributed by atoms with E-state index < -0.39 is 0 Å². The van der Waals surface area contributed by atoms with Gasteiger partial charge in [0.2, 0.25) is 0 Å². The second-order valence-electron chi connectivity index (χ2n) is 10.2. The number of aliphatic imine (C=N–C) groups is 1. The fraction of sp³-hybridized carbons (Fsp3) is 0.357. The van der Waals surface area contributed by atoms with Gasteiger partial charge in [-0.05, 0) is 61.3 Å². The highest BCUT2D eigenvalue weighted by molar-refractivity contribution is 7.16. The number of benzene rings is 1. The summed E-state index contributed by atoms with van der Waals surface area (Å²) in [4.78, 5) is 23.0. The van der Waals surface area contributed by atoms with Gasteiger partial charge in [-0.15, -0.1) is 11.3 Å². The van der Waals surface area contributed by atoms with Gasteiger partial charge in [0.25, 0.3) is 5.91 Å². The lowest BCUT2D eigenvalue weighted by Crippen LogP contribution is -2.28. The largest absolute Gasteiger partial charge is 0.467 e. The van der Waals surface area contributed by atoms with Crippen molar-refractivity contribution in [2.45, 2.75) is 53.5 Å². The molecule has 0 spiro atoms. The quantitative estimate of drug-likeness (QED) is 0.308. The molecule has 1 aromatic carbocycles. The summed E-state index contributed by atoms with van der Waals surface area (Å²) in [6.45, 7) is 9.36. The molecule has 1 atom stereocenters. The number of hydrogen-bond donors (Lipinski definition) is 2. The maximum Gasteiger partial charge on any atom is 0.255 e. The van der Waals surface area contributed by atoms with Crippen molar-refractivity contribution in [3.63, 3.8) is 0 Å². The fourth-order valence-electron chi connectivity index (χ4n) is 4.89. The maximum atomic E-state index is 13.4. The number of furan rings is 1. The third-order valence-corrected chi connectivity index (χ3v) is 8.12. The smallest absolute Gasteiger partial charge is 0.255 e. The van der Waals surface area contributed by atoms with Gasteiger partial charge in [0.1, 0.15) is 10.8 Å². The first kappa shape index (κ1) is 22.7. The van der Waals surface area contributed by atoms with Gasteiger partial charge in [-0.3, -0.25) is 4.79 Å². The molecule has 3 aromatic heterocycles. The lowest BCUT2D eigenvalue weighted by Gasteiger charge is -2.33. The summed E-state index contributed by atoms with van der Waals surface area (Å²) in [6.07, 6.45) is 6.55. The van der Waals surface area contributed by atoms with Crippen molar-refractivity contribution in [1.82, 2.24) is 10.3 Å². The van der Waals surface area contributed by atoms with Crippen molar-refractivity contribution in [2.24, 2.45) is 16.3 Å². The molecule has 176 valence electrons. The van der Waals surface area contributed by atoms with E-state index in [4.69, 9.17) is 9.41 Å². The molecule has 5 nitrogen and oxygen atoms in total. The summed E-state index contributed by atoms with van der Waals surface area (Å²) in [6, 6.07) is 11.9. The number of carbonyl (C=O) groups excluding carboxylic acids is 1. The number of aryl methyl sites for hydroxylation is 1. The number of para-hydroxylation sites is 1. The maximum absolute atomic E-state index is 13.4. The molecule has 2 N–H and O–H groups in total. The predicted octanol–water partition coefficient (Wildman–Crippen LogP) is 6.96. The number of fused-ring (bicyclic) bond motifs is 2. The standard InChI is InChI=1S/C28H31N3O2S/c1-17-22(20-9-5-6-10-23(20)31-17)16-30-27-25(26(32)29-15-19-8-7-13-33-19)21-12-11-18(28(2,3)4)14-24(21)34-27/h5-10,13,16,18,31H,11-12,14-15H2,1-4H3,(H,29,32)/t18-/m1/s1. The van der Waals surface area contributed by atoms with Crippen molar-refractivity contribution in [1.29, 1.82) is 0 Å². The molecule has 0 radical (unpaired) electrons. The topological polar surface area (TPSA) is 70.4 Å². The Bertz CT molecular complexity index is 1350. The molecule has 6 heteroatoms. The zero-order valence-electron chi connectivity index (χ0n) is 20.2. The molecular formula is C28H31N3O2S. The predicted molar refractivity (Wildman–Crippen MR) is 139 cm³/mol. The molecule has 0 saturated carbocycles. The van der Waals surface area contributed by atoms with Gasteiger partial charge in [-0.25, -0.2) is 4.99 Å². The van der Waals surface area contributed by atoms with Crippen LogP contribution in [0.5, 0.6) is 0 Å². The number of rotatable bonds is 5. The SMILES string of the molecule is Cc1[nH]c2ccccc2c1C=Nc1sc2c(c1C(=O)NCc1ccco1)CC[C@@H](C(C)(C)C)C2. The molecular weight excluding hydrogens is 442 g/mol. The molecule has 0 fully saturated rings. The Morgan fingerprint density at radius 3 is 2.85 bits per heavy atom. The van der Waals surface area contributed by atoms with Crippen LogP contribution in [0, 0.1) is 18.3 Å². The summed E-state index contributed by atoms with van der Waals surface area (Å²) in [5, 5.41) is 4.98. The number of aromatic nitrogens is 1. The van der Waals surface area contributed by atoms with Crippen molar-refractivity contribution < 1.29 is 9.21 Å². The van der Waals surface area contributed by atoms with Gasteiger partial charge in [0, 0.05) is 33.3 Å². The average molecular weight is 474 g/mol. The van der Waals surface area contributed by atoms with E-state index in [-0.39, 0.29) is 11.3 Å². The van der Waals surface area contributed by atoms with Gasteiger partial charge in [0.05, 0.1) is 18.4 Å². The van der Waals surface area contributed by atoms with Crippen LogP contribution in [0.3, 0.4) is 0 Å². The highest BCUT2D eigenvalue weighted by atomic mass is 32.1. The lowest BCUT2D eigenvalue weighted by atomic mass is 9.72. The third-order valence-electron chi connectivity index (χ3n) is 6.96. The highest BCUT2D eigenvalue weighted by Crippen LogP contribution is 2.45. The lowest BCUT2D eigenvalue weighted by molar-refractivity contribution is 0.0947. The second kappa shape index (κ2) is 8.91. The molecule has 1 aliphatic carbocycles. The Labute approximate surface area is 204 Å². The zero-order valence-corrected chi connectivity index (χ0v) is 21.0.